The molecule has 0 spiro atoms. The fraction of sp³-hybridized carbons (Fsp3) is 0.200. The Morgan fingerprint density at radius 1 is 1.00 bits per heavy atom. The highest BCUT2D eigenvalue weighted by atomic mass is 35.5. The van der Waals surface area contributed by atoms with Crippen molar-refractivity contribution in [3.63, 3.8) is 0 Å². The molecule has 100 valence electrons. The highest BCUT2D eigenvalue weighted by Crippen LogP contribution is 2.20. The highest BCUT2D eigenvalue weighted by Gasteiger charge is 2.01. The Morgan fingerprint density at radius 2 is 1.74 bits per heavy atom. The van der Waals surface area contributed by atoms with E-state index in [1.165, 1.54) is 12.1 Å². The maximum atomic E-state index is 12.7. The van der Waals surface area contributed by atoms with E-state index in [4.69, 9.17) is 23.2 Å². The summed E-state index contributed by atoms with van der Waals surface area (Å²) in [4.78, 5) is 0. The molecule has 1 N–H and O–H groups in total. The van der Waals surface area contributed by atoms with Gasteiger partial charge in [-0.15, -0.1) is 0 Å². The van der Waals surface area contributed by atoms with Gasteiger partial charge in [0.15, 0.2) is 0 Å². The van der Waals surface area contributed by atoms with Gasteiger partial charge in [-0.05, 0) is 48.4 Å². The van der Waals surface area contributed by atoms with Crippen LogP contribution in [0, 0.1) is 5.82 Å². The molecule has 2 rings (SSSR count). The Balaban J connectivity index is 1.79. The minimum Gasteiger partial charge on any atom is -0.312 e. The SMILES string of the molecule is Fc1ccc(CCNCc2ccc(Cl)cc2Cl)cc1. The first-order valence-corrected chi connectivity index (χ1v) is 6.80. The molecule has 0 unspecified atom stereocenters. The minimum absolute atomic E-state index is 0.204. The Kier molecular flexibility index (Phi) is 5.20. The van der Waals surface area contributed by atoms with E-state index in [1.54, 1.807) is 18.2 Å². The third-order valence-corrected chi connectivity index (χ3v) is 3.42. The van der Waals surface area contributed by atoms with Crippen molar-refractivity contribution in [1.29, 1.82) is 0 Å². The molecule has 0 aromatic heterocycles. The predicted molar refractivity (Wildman–Crippen MR) is 78.3 cm³/mol. The van der Waals surface area contributed by atoms with Crippen LogP contribution in [0.2, 0.25) is 10.0 Å². The van der Waals surface area contributed by atoms with Gasteiger partial charge in [0.2, 0.25) is 0 Å². The summed E-state index contributed by atoms with van der Waals surface area (Å²) < 4.78 is 12.7. The lowest BCUT2D eigenvalue weighted by Gasteiger charge is -2.07. The molecule has 4 heteroatoms. The fourth-order valence-corrected chi connectivity index (χ4v) is 2.25. The van der Waals surface area contributed by atoms with Crippen molar-refractivity contribution in [3.8, 4) is 0 Å². The van der Waals surface area contributed by atoms with Crippen LogP contribution in [-0.4, -0.2) is 6.54 Å². The first kappa shape index (κ1) is 14.3. The number of nitrogens with one attached hydrogen (secondary N) is 1. The normalized spacial score (nSPS) is 10.7. The fourth-order valence-electron chi connectivity index (χ4n) is 1.77. The Hall–Kier alpha value is -1.09. The zero-order valence-electron chi connectivity index (χ0n) is 10.3. The van der Waals surface area contributed by atoms with Gasteiger partial charge in [0, 0.05) is 16.6 Å². The minimum atomic E-state index is -0.204. The zero-order valence-corrected chi connectivity index (χ0v) is 11.8. The van der Waals surface area contributed by atoms with E-state index in [1.807, 2.05) is 12.1 Å². The van der Waals surface area contributed by atoms with E-state index < -0.39 is 0 Å². The summed E-state index contributed by atoms with van der Waals surface area (Å²) in [6.45, 7) is 1.50. The molecule has 2 aromatic rings. The molecule has 0 saturated heterocycles. The maximum Gasteiger partial charge on any atom is 0.123 e. The van der Waals surface area contributed by atoms with Crippen LogP contribution < -0.4 is 5.32 Å². The molecule has 0 aliphatic rings. The van der Waals surface area contributed by atoms with E-state index in [2.05, 4.69) is 5.32 Å². The molecule has 0 atom stereocenters. The van der Waals surface area contributed by atoms with E-state index in [9.17, 15) is 4.39 Å². The number of benzene rings is 2. The van der Waals surface area contributed by atoms with Gasteiger partial charge in [-0.25, -0.2) is 4.39 Å². The van der Waals surface area contributed by atoms with Crippen LogP contribution >= 0.6 is 23.2 Å². The molecule has 0 aliphatic carbocycles. The van der Waals surface area contributed by atoms with Crippen LogP contribution in [0.3, 0.4) is 0 Å². The van der Waals surface area contributed by atoms with Crippen molar-refractivity contribution in [1.82, 2.24) is 5.32 Å². The molecule has 0 heterocycles. The number of halogens is 3. The van der Waals surface area contributed by atoms with Crippen molar-refractivity contribution in [2.75, 3.05) is 6.54 Å². The van der Waals surface area contributed by atoms with Crippen molar-refractivity contribution in [3.05, 3.63) is 69.5 Å². The summed E-state index contributed by atoms with van der Waals surface area (Å²) in [5.41, 5.74) is 2.13. The van der Waals surface area contributed by atoms with Crippen molar-refractivity contribution < 1.29 is 4.39 Å². The standard InChI is InChI=1S/C15H14Cl2FN/c16-13-4-3-12(15(17)9-13)10-19-8-7-11-1-5-14(18)6-2-11/h1-6,9,19H,7-8,10H2. The maximum absolute atomic E-state index is 12.7. The smallest absolute Gasteiger partial charge is 0.123 e. The molecule has 19 heavy (non-hydrogen) atoms. The van der Waals surface area contributed by atoms with Crippen molar-refractivity contribution >= 4 is 23.2 Å². The quantitative estimate of drug-likeness (QED) is 0.803. The molecule has 0 fully saturated rings. The van der Waals surface area contributed by atoms with Gasteiger partial charge in [-0.1, -0.05) is 41.4 Å². The van der Waals surface area contributed by atoms with Crippen LogP contribution in [0.4, 0.5) is 4.39 Å². The molecule has 1 nitrogen and oxygen atoms in total. The van der Waals surface area contributed by atoms with Crippen LogP contribution in [0.15, 0.2) is 42.5 Å². The Morgan fingerprint density at radius 3 is 2.42 bits per heavy atom. The molecule has 0 radical (unpaired) electrons. The van der Waals surface area contributed by atoms with Crippen molar-refractivity contribution in [2.24, 2.45) is 0 Å². The third-order valence-electron chi connectivity index (χ3n) is 2.83. The van der Waals surface area contributed by atoms with Crippen LogP contribution in [0.1, 0.15) is 11.1 Å². The van der Waals surface area contributed by atoms with Crippen molar-refractivity contribution in [2.45, 2.75) is 13.0 Å². The van der Waals surface area contributed by atoms with Gasteiger partial charge in [0.05, 0.1) is 0 Å². The lowest BCUT2D eigenvalue weighted by Crippen LogP contribution is -2.16. The average molecular weight is 298 g/mol. The molecule has 0 amide bonds. The van der Waals surface area contributed by atoms with Gasteiger partial charge < -0.3 is 5.32 Å². The monoisotopic (exact) mass is 297 g/mol. The third kappa shape index (κ3) is 4.50. The van der Waals surface area contributed by atoms with Gasteiger partial charge in [-0.2, -0.15) is 0 Å². The van der Waals surface area contributed by atoms with E-state index in [0.29, 0.717) is 16.6 Å². The topological polar surface area (TPSA) is 12.0 Å². The summed E-state index contributed by atoms with van der Waals surface area (Å²) in [7, 11) is 0. The number of rotatable bonds is 5. The Bertz CT molecular complexity index is 540. The summed E-state index contributed by atoms with van der Waals surface area (Å²) >= 11 is 11.9. The summed E-state index contributed by atoms with van der Waals surface area (Å²) in [6.07, 6.45) is 0.853. The summed E-state index contributed by atoms with van der Waals surface area (Å²) in [5.74, 6) is -0.204. The number of hydrogen-bond acceptors (Lipinski definition) is 1. The second-order valence-electron chi connectivity index (χ2n) is 4.29. The second-order valence-corrected chi connectivity index (χ2v) is 5.13. The molecule has 0 bridgehead atoms. The van der Waals surface area contributed by atoms with Gasteiger partial charge in [-0.3, -0.25) is 0 Å². The Labute approximate surface area is 122 Å². The van der Waals surface area contributed by atoms with Crippen LogP contribution in [0.5, 0.6) is 0 Å². The van der Waals surface area contributed by atoms with E-state index in [0.717, 1.165) is 24.1 Å². The van der Waals surface area contributed by atoms with E-state index in [-0.39, 0.29) is 5.82 Å². The molecule has 2 aromatic carbocycles. The first-order chi connectivity index (χ1) is 9.15. The summed E-state index contributed by atoms with van der Waals surface area (Å²) in [6, 6.07) is 12.0. The zero-order chi connectivity index (χ0) is 13.7. The first-order valence-electron chi connectivity index (χ1n) is 6.04. The summed E-state index contributed by atoms with van der Waals surface area (Å²) in [5, 5.41) is 4.61. The molecular formula is C15H14Cl2FN. The lowest BCUT2D eigenvalue weighted by molar-refractivity contribution is 0.626. The van der Waals surface area contributed by atoms with Crippen LogP contribution in [0.25, 0.3) is 0 Å². The van der Waals surface area contributed by atoms with Gasteiger partial charge in [0.25, 0.3) is 0 Å². The van der Waals surface area contributed by atoms with E-state index >= 15 is 0 Å². The van der Waals surface area contributed by atoms with Gasteiger partial charge in [0.1, 0.15) is 5.82 Å². The predicted octanol–water partition coefficient (Wildman–Crippen LogP) is 4.46. The molecule has 0 aliphatic heterocycles. The highest BCUT2D eigenvalue weighted by molar-refractivity contribution is 6.35. The average Bonchev–Trinajstić information content (AvgIpc) is 2.39. The van der Waals surface area contributed by atoms with Crippen LogP contribution in [-0.2, 0) is 13.0 Å². The molecular weight excluding hydrogens is 284 g/mol. The second kappa shape index (κ2) is 6.90. The number of hydrogen-bond donors (Lipinski definition) is 1. The molecule has 0 saturated carbocycles. The largest absolute Gasteiger partial charge is 0.312 e. The lowest BCUT2D eigenvalue weighted by atomic mass is 10.1. The van der Waals surface area contributed by atoms with Gasteiger partial charge >= 0.3 is 0 Å².